The molecule has 28 heavy (non-hydrogen) atoms. The average molecular weight is 411 g/mol. The average Bonchev–Trinajstić information content (AvgIpc) is 2.61. The van der Waals surface area contributed by atoms with Crippen molar-refractivity contribution in [2.75, 3.05) is 13.2 Å². The third-order valence-corrected chi connectivity index (χ3v) is 4.23. The SMILES string of the molecule is CCCOC(=O)C1=C(C)NC(=O)NC1c1cc(Cl)c(OC(C)C)c(OCC)c1. The van der Waals surface area contributed by atoms with E-state index in [0.717, 1.165) is 0 Å². The number of ether oxygens (including phenoxy) is 3. The van der Waals surface area contributed by atoms with E-state index in [-0.39, 0.29) is 6.10 Å². The van der Waals surface area contributed by atoms with E-state index < -0.39 is 18.0 Å². The van der Waals surface area contributed by atoms with E-state index >= 15 is 0 Å². The second kappa shape index (κ2) is 9.68. The summed E-state index contributed by atoms with van der Waals surface area (Å²) in [5.41, 5.74) is 1.36. The molecular formula is C20H27ClN2O5. The molecule has 1 aromatic rings. The van der Waals surface area contributed by atoms with Crippen molar-refractivity contribution in [1.29, 1.82) is 0 Å². The highest BCUT2D eigenvalue weighted by Crippen LogP contribution is 2.40. The van der Waals surface area contributed by atoms with E-state index in [1.165, 1.54) is 0 Å². The van der Waals surface area contributed by atoms with Crippen LogP contribution in [-0.2, 0) is 9.53 Å². The van der Waals surface area contributed by atoms with Crippen LogP contribution in [-0.4, -0.2) is 31.3 Å². The third kappa shape index (κ3) is 5.10. The van der Waals surface area contributed by atoms with Gasteiger partial charge in [-0.15, -0.1) is 0 Å². The van der Waals surface area contributed by atoms with Crippen molar-refractivity contribution >= 4 is 23.6 Å². The van der Waals surface area contributed by atoms with E-state index in [4.69, 9.17) is 25.8 Å². The van der Waals surface area contributed by atoms with E-state index in [0.29, 0.717) is 53.0 Å². The highest BCUT2D eigenvalue weighted by Gasteiger charge is 2.33. The van der Waals surface area contributed by atoms with Gasteiger partial charge in [0, 0.05) is 5.70 Å². The monoisotopic (exact) mass is 410 g/mol. The summed E-state index contributed by atoms with van der Waals surface area (Å²) in [5, 5.41) is 5.72. The minimum atomic E-state index is -0.720. The van der Waals surface area contributed by atoms with Crippen molar-refractivity contribution in [2.24, 2.45) is 0 Å². The number of halogens is 1. The second-order valence-corrected chi connectivity index (χ2v) is 7.04. The first-order chi connectivity index (χ1) is 13.3. The van der Waals surface area contributed by atoms with Gasteiger partial charge in [0.1, 0.15) is 0 Å². The number of amides is 2. The van der Waals surface area contributed by atoms with Crippen molar-refractivity contribution in [3.8, 4) is 11.5 Å². The number of hydrogen-bond acceptors (Lipinski definition) is 5. The lowest BCUT2D eigenvalue weighted by atomic mass is 9.95. The summed E-state index contributed by atoms with van der Waals surface area (Å²) >= 11 is 6.45. The molecule has 0 bridgehead atoms. The number of benzene rings is 1. The maximum atomic E-state index is 12.6. The van der Waals surface area contributed by atoms with E-state index in [1.807, 2.05) is 27.7 Å². The molecule has 0 aromatic heterocycles. The lowest BCUT2D eigenvalue weighted by molar-refractivity contribution is -0.139. The minimum absolute atomic E-state index is 0.0946. The number of allylic oxidation sites excluding steroid dienone is 1. The Morgan fingerprint density at radius 2 is 2.00 bits per heavy atom. The van der Waals surface area contributed by atoms with Gasteiger partial charge >= 0.3 is 12.0 Å². The molecule has 0 aliphatic carbocycles. The fourth-order valence-electron chi connectivity index (χ4n) is 2.85. The Bertz CT molecular complexity index is 776. The summed E-state index contributed by atoms with van der Waals surface area (Å²) in [7, 11) is 0. The molecule has 1 aromatic carbocycles. The van der Waals surface area contributed by atoms with Gasteiger partial charge in [-0.3, -0.25) is 0 Å². The van der Waals surface area contributed by atoms with E-state index in [9.17, 15) is 9.59 Å². The molecule has 0 saturated carbocycles. The van der Waals surface area contributed by atoms with Gasteiger partial charge in [0.25, 0.3) is 0 Å². The van der Waals surface area contributed by atoms with Gasteiger partial charge in [-0.1, -0.05) is 18.5 Å². The zero-order valence-corrected chi connectivity index (χ0v) is 17.6. The van der Waals surface area contributed by atoms with Crippen LogP contribution < -0.4 is 20.1 Å². The highest BCUT2D eigenvalue weighted by molar-refractivity contribution is 6.32. The van der Waals surface area contributed by atoms with Crippen molar-refractivity contribution in [1.82, 2.24) is 10.6 Å². The second-order valence-electron chi connectivity index (χ2n) is 6.64. The van der Waals surface area contributed by atoms with Crippen LogP contribution in [0.1, 0.15) is 52.6 Å². The number of urea groups is 1. The van der Waals surface area contributed by atoms with Crippen LogP contribution in [0.25, 0.3) is 0 Å². The number of carbonyl (C=O) groups is 2. The molecule has 2 amide bonds. The Morgan fingerprint density at radius 1 is 1.29 bits per heavy atom. The van der Waals surface area contributed by atoms with Gasteiger partial charge in [0.05, 0.1) is 36.0 Å². The minimum Gasteiger partial charge on any atom is -0.490 e. The predicted molar refractivity (Wildman–Crippen MR) is 107 cm³/mol. The number of esters is 1. The zero-order chi connectivity index (χ0) is 20.8. The molecule has 1 unspecified atom stereocenters. The molecule has 1 heterocycles. The van der Waals surface area contributed by atoms with Gasteiger partial charge in [-0.2, -0.15) is 0 Å². The largest absolute Gasteiger partial charge is 0.490 e. The van der Waals surface area contributed by atoms with Gasteiger partial charge in [-0.05, 0) is 51.8 Å². The topological polar surface area (TPSA) is 85.9 Å². The molecule has 0 fully saturated rings. The van der Waals surface area contributed by atoms with E-state index in [1.54, 1.807) is 19.1 Å². The number of carbonyl (C=O) groups excluding carboxylic acids is 2. The van der Waals surface area contributed by atoms with Gasteiger partial charge in [0.2, 0.25) is 0 Å². The van der Waals surface area contributed by atoms with Crippen LogP contribution >= 0.6 is 11.6 Å². The molecule has 0 radical (unpaired) electrons. The quantitative estimate of drug-likeness (QED) is 0.630. The summed E-state index contributed by atoms with van der Waals surface area (Å²) in [6.45, 7) is 9.91. The van der Waals surface area contributed by atoms with Crippen LogP contribution in [0.5, 0.6) is 11.5 Å². The Hall–Kier alpha value is -2.41. The fraction of sp³-hybridized carbons (Fsp3) is 0.500. The van der Waals surface area contributed by atoms with Crippen LogP contribution in [0.2, 0.25) is 5.02 Å². The number of rotatable bonds is 8. The number of nitrogens with one attached hydrogen (secondary N) is 2. The standard InChI is InChI=1S/C20H27ClN2O5/c1-6-8-27-19(24)16-12(5)22-20(25)23-17(16)13-9-14(21)18(28-11(3)4)15(10-13)26-7-2/h9-11,17H,6-8H2,1-5H3,(H2,22,23,25). The first-order valence-corrected chi connectivity index (χ1v) is 9.74. The Morgan fingerprint density at radius 3 is 2.61 bits per heavy atom. The first kappa shape index (κ1) is 21.9. The molecular weight excluding hydrogens is 384 g/mol. The Labute approximate surface area is 170 Å². The van der Waals surface area contributed by atoms with Crippen LogP contribution in [0.3, 0.4) is 0 Å². The molecule has 8 heteroatoms. The molecule has 0 spiro atoms. The predicted octanol–water partition coefficient (Wildman–Crippen LogP) is 4.11. The zero-order valence-electron chi connectivity index (χ0n) is 16.8. The molecule has 7 nitrogen and oxygen atoms in total. The lowest BCUT2D eigenvalue weighted by Crippen LogP contribution is -2.45. The first-order valence-electron chi connectivity index (χ1n) is 9.36. The molecule has 154 valence electrons. The molecule has 1 aliphatic heterocycles. The fourth-order valence-corrected chi connectivity index (χ4v) is 3.12. The molecule has 2 rings (SSSR count). The third-order valence-electron chi connectivity index (χ3n) is 3.94. The van der Waals surface area contributed by atoms with Crippen LogP contribution in [0.15, 0.2) is 23.4 Å². The van der Waals surface area contributed by atoms with Crippen molar-refractivity contribution < 1.29 is 23.8 Å². The highest BCUT2D eigenvalue weighted by atomic mass is 35.5. The van der Waals surface area contributed by atoms with Crippen LogP contribution in [0, 0.1) is 0 Å². The van der Waals surface area contributed by atoms with Crippen molar-refractivity contribution in [3.63, 3.8) is 0 Å². The molecule has 2 N–H and O–H groups in total. The summed E-state index contributed by atoms with van der Waals surface area (Å²) in [6, 6.07) is 2.26. The number of hydrogen-bond donors (Lipinski definition) is 2. The van der Waals surface area contributed by atoms with Crippen LogP contribution in [0.4, 0.5) is 4.79 Å². The normalized spacial score (nSPS) is 16.5. The molecule has 0 saturated heterocycles. The van der Waals surface area contributed by atoms with Crippen molar-refractivity contribution in [2.45, 2.75) is 53.2 Å². The summed E-state index contributed by atoms with van der Waals surface area (Å²) in [4.78, 5) is 24.7. The van der Waals surface area contributed by atoms with Gasteiger partial charge in [0.15, 0.2) is 11.5 Å². The Kier molecular flexibility index (Phi) is 7.57. The Balaban J connectivity index is 2.51. The smallest absolute Gasteiger partial charge is 0.338 e. The molecule has 1 aliphatic rings. The maximum Gasteiger partial charge on any atom is 0.338 e. The maximum absolute atomic E-state index is 12.6. The van der Waals surface area contributed by atoms with Crippen molar-refractivity contribution in [3.05, 3.63) is 34.0 Å². The molecule has 1 atom stereocenters. The van der Waals surface area contributed by atoms with Gasteiger partial charge < -0.3 is 24.8 Å². The summed E-state index contributed by atoms with van der Waals surface area (Å²) < 4.78 is 16.8. The summed E-state index contributed by atoms with van der Waals surface area (Å²) in [6.07, 6.45) is 0.604. The summed E-state index contributed by atoms with van der Waals surface area (Å²) in [5.74, 6) is 0.386. The van der Waals surface area contributed by atoms with E-state index in [2.05, 4.69) is 10.6 Å². The lowest BCUT2D eigenvalue weighted by Gasteiger charge is -2.29. The van der Waals surface area contributed by atoms with Gasteiger partial charge in [-0.25, -0.2) is 9.59 Å².